The molecule has 2 rings (SSSR count). The predicted molar refractivity (Wildman–Crippen MR) is 59.5 cm³/mol. The van der Waals surface area contributed by atoms with Crippen molar-refractivity contribution in [3.05, 3.63) is 42.2 Å². The zero-order chi connectivity index (χ0) is 12.3. The van der Waals surface area contributed by atoms with E-state index in [0.717, 1.165) is 12.1 Å². The average molecular weight is 237 g/mol. The first kappa shape index (κ1) is 11.2. The summed E-state index contributed by atoms with van der Waals surface area (Å²) in [6, 6.07) is 3.19. The third kappa shape index (κ3) is 2.64. The summed E-state index contributed by atoms with van der Waals surface area (Å²) in [4.78, 5) is 7.81. The van der Waals surface area contributed by atoms with Crippen LogP contribution in [-0.2, 0) is 0 Å². The van der Waals surface area contributed by atoms with Gasteiger partial charge in [-0.25, -0.2) is 19.6 Å². The lowest BCUT2D eigenvalue weighted by Gasteiger charge is -2.07. The smallest absolute Gasteiger partial charge is 0.160 e. The van der Waals surface area contributed by atoms with Crippen molar-refractivity contribution in [3.63, 3.8) is 0 Å². The van der Waals surface area contributed by atoms with Gasteiger partial charge in [0.1, 0.15) is 11.6 Å². The maximum absolute atomic E-state index is 13.3. The Morgan fingerprint density at radius 1 is 1.12 bits per heavy atom. The molecular formula is C10H9F2N5. The van der Waals surface area contributed by atoms with Gasteiger partial charge in [0, 0.05) is 6.07 Å². The molecule has 0 aliphatic rings. The van der Waals surface area contributed by atoms with Crippen molar-refractivity contribution in [3.8, 4) is 0 Å². The molecule has 0 atom stereocenters. The van der Waals surface area contributed by atoms with E-state index in [1.54, 1.807) is 0 Å². The lowest BCUT2D eigenvalue weighted by Crippen LogP contribution is -2.09. The molecule has 5 nitrogen and oxygen atoms in total. The van der Waals surface area contributed by atoms with Crippen LogP contribution in [0.1, 0.15) is 0 Å². The zero-order valence-corrected chi connectivity index (χ0v) is 8.61. The molecule has 0 fully saturated rings. The van der Waals surface area contributed by atoms with Crippen LogP contribution < -0.4 is 16.6 Å². The molecule has 17 heavy (non-hydrogen) atoms. The lowest BCUT2D eigenvalue weighted by molar-refractivity contribution is 0.586. The highest BCUT2D eigenvalue weighted by atomic mass is 19.1. The molecule has 0 radical (unpaired) electrons. The summed E-state index contributed by atoms with van der Waals surface area (Å²) in [5.41, 5.74) is 2.42. The lowest BCUT2D eigenvalue weighted by atomic mass is 10.3. The largest absolute Gasteiger partial charge is 0.336 e. The minimum Gasteiger partial charge on any atom is -0.336 e. The Balaban J connectivity index is 2.25. The number of halogens is 2. The van der Waals surface area contributed by atoms with Crippen molar-refractivity contribution >= 4 is 17.3 Å². The van der Waals surface area contributed by atoms with E-state index in [1.165, 1.54) is 18.5 Å². The summed E-state index contributed by atoms with van der Waals surface area (Å²) in [5.74, 6) is 4.43. The van der Waals surface area contributed by atoms with Crippen LogP contribution in [0.5, 0.6) is 0 Å². The number of rotatable bonds is 3. The van der Waals surface area contributed by atoms with Gasteiger partial charge < -0.3 is 10.7 Å². The van der Waals surface area contributed by atoms with Gasteiger partial charge in [0.15, 0.2) is 11.6 Å². The van der Waals surface area contributed by atoms with Crippen molar-refractivity contribution in [2.75, 3.05) is 10.7 Å². The molecule has 0 saturated heterocycles. The number of nitrogen functional groups attached to an aromatic ring is 1. The SMILES string of the molecule is NNc1cncc(Nc2ccc(F)cc2F)n1. The molecule has 0 aliphatic heterocycles. The van der Waals surface area contributed by atoms with Gasteiger partial charge in [-0.15, -0.1) is 0 Å². The number of hydrazine groups is 1. The predicted octanol–water partition coefficient (Wildman–Crippen LogP) is 1.78. The molecule has 0 amide bonds. The first-order valence-corrected chi connectivity index (χ1v) is 4.70. The second-order valence-electron chi connectivity index (χ2n) is 3.18. The molecule has 88 valence electrons. The molecule has 4 N–H and O–H groups in total. The Morgan fingerprint density at radius 3 is 2.59 bits per heavy atom. The van der Waals surface area contributed by atoms with Gasteiger partial charge in [-0.05, 0) is 12.1 Å². The minimum absolute atomic E-state index is 0.106. The van der Waals surface area contributed by atoms with E-state index in [2.05, 4.69) is 20.7 Å². The molecule has 0 unspecified atom stereocenters. The van der Waals surface area contributed by atoms with Gasteiger partial charge in [0.05, 0.1) is 18.1 Å². The van der Waals surface area contributed by atoms with E-state index < -0.39 is 11.6 Å². The standard InChI is InChI=1S/C10H9F2N5/c11-6-1-2-8(7(12)3-6)15-9-4-14-5-10(16-9)17-13/h1-5H,13H2,(H2,15,16,17). The van der Waals surface area contributed by atoms with Crippen molar-refractivity contribution in [2.45, 2.75) is 0 Å². The van der Waals surface area contributed by atoms with E-state index in [0.29, 0.717) is 11.6 Å². The molecule has 0 aliphatic carbocycles. The highest BCUT2D eigenvalue weighted by molar-refractivity contribution is 5.57. The number of anilines is 3. The van der Waals surface area contributed by atoms with Crippen LogP contribution in [0, 0.1) is 11.6 Å². The Labute approximate surface area is 95.7 Å². The minimum atomic E-state index is -0.710. The number of benzene rings is 1. The van der Waals surface area contributed by atoms with Crippen molar-refractivity contribution in [2.24, 2.45) is 5.84 Å². The van der Waals surface area contributed by atoms with Crippen LogP contribution >= 0.6 is 0 Å². The van der Waals surface area contributed by atoms with Crippen molar-refractivity contribution in [1.82, 2.24) is 9.97 Å². The molecule has 0 spiro atoms. The molecule has 0 bridgehead atoms. The number of hydrogen-bond donors (Lipinski definition) is 3. The number of hydrogen-bond acceptors (Lipinski definition) is 5. The normalized spacial score (nSPS) is 10.1. The van der Waals surface area contributed by atoms with Gasteiger partial charge in [-0.1, -0.05) is 0 Å². The Kier molecular flexibility index (Phi) is 3.10. The van der Waals surface area contributed by atoms with Crippen LogP contribution in [0.2, 0.25) is 0 Å². The van der Waals surface area contributed by atoms with Crippen molar-refractivity contribution < 1.29 is 8.78 Å². The zero-order valence-electron chi connectivity index (χ0n) is 8.61. The van der Waals surface area contributed by atoms with Crippen LogP contribution in [0.25, 0.3) is 0 Å². The Hall–Kier alpha value is -2.28. The van der Waals surface area contributed by atoms with Gasteiger partial charge >= 0.3 is 0 Å². The average Bonchev–Trinajstić information content (AvgIpc) is 2.33. The van der Waals surface area contributed by atoms with Gasteiger partial charge in [0.2, 0.25) is 0 Å². The molecular weight excluding hydrogens is 228 g/mol. The molecule has 7 heteroatoms. The monoisotopic (exact) mass is 237 g/mol. The molecule has 1 aromatic heterocycles. The third-order valence-corrected chi connectivity index (χ3v) is 1.98. The summed E-state index contributed by atoms with van der Waals surface area (Å²) >= 11 is 0. The molecule has 0 saturated carbocycles. The van der Waals surface area contributed by atoms with Gasteiger partial charge in [0.25, 0.3) is 0 Å². The summed E-state index contributed by atoms with van der Waals surface area (Å²) in [6.07, 6.45) is 2.80. The number of nitrogens with zero attached hydrogens (tertiary/aromatic N) is 2. The van der Waals surface area contributed by atoms with Crippen LogP contribution in [0.3, 0.4) is 0 Å². The Bertz CT molecular complexity index is 532. The van der Waals surface area contributed by atoms with E-state index >= 15 is 0 Å². The summed E-state index contributed by atoms with van der Waals surface area (Å²) in [7, 11) is 0. The maximum atomic E-state index is 13.3. The van der Waals surface area contributed by atoms with Gasteiger partial charge in [-0.3, -0.25) is 4.98 Å². The van der Waals surface area contributed by atoms with Crippen LogP contribution in [-0.4, -0.2) is 9.97 Å². The first-order chi connectivity index (χ1) is 8.19. The second kappa shape index (κ2) is 4.71. The maximum Gasteiger partial charge on any atom is 0.160 e. The number of aromatic nitrogens is 2. The van der Waals surface area contributed by atoms with E-state index in [4.69, 9.17) is 5.84 Å². The summed E-state index contributed by atoms with van der Waals surface area (Å²) < 4.78 is 26.0. The van der Waals surface area contributed by atoms with Gasteiger partial charge in [-0.2, -0.15) is 0 Å². The van der Waals surface area contributed by atoms with E-state index in [1.807, 2.05) is 0 Å². The van der Waals surface area contributed by atoms with Crippen LogP contribution in [0.15, 0.2) is 30.6 Å². The van der Waals surface area contributed by atoms with E-state index in [-0.39, 0.29) is 5.69 Å². The molecule has 2 aromatic rings. The van der Waals surface area contributed by atoms with E-state index in [9.17, 15) is 8.78 Å². The number of nitrogens with one attached hydrogen (secondary N) is 2. The Morgan fingerprint density at radius 2 is 1.88 bits per heavy atom. The fourth-order valence-electron chi connectivity index (χ4n) is 1.22. The highest BCUT2D eigenvalue weighted by Gasteiger charge is 2.05. The highest BCUT2D eigenvalue weighted by Crippen LogP contribution is 2.19. The quantitative estimate of drug-likeness (QED) is 0.560. The fourth-order valence-corrected chi connectivity index (χ4v) is 1.22. The summed E-state index contributed by atoms with van der Waals surface area (Å²) in [6.45, 7) is 0. The number of nitrogens with two attached hydrogens (primary N) is 1. The second-order valence-corrected chi connectivity index (χ2v) is 3.18. The molecule has 1 aromatic carbocycles. The topological polar surface area (TPSA) is 75.9 Å². The van der Waals surface area contributed by atoms with Crippen molar-refractivity contribution in [1.29, 1.82) is 0 Å². The fraction of sp³-hybridized carbons (Fsp3) is 0. The third-order valence-electron chi connectivity index (χ3n) is 1.98. The first-order valence-electron chi connectivity index (χ1n) is 4.70. The summed E-state index contributed by atoms with van der Waals surface area (Å²) in [5, 5.41) is 2.66. The van der Waals surface area contributed by atoms with Crippen LogP contribution in [0.4, 0.5) is 26.1 Å². The molecule has 1 heterocycles.